The van der Waals surface area contributed by atoms with Crippen molar-refractivity contribution in [1.29, 1.82) is 0 Å². The molecule has 1 aromatic carbocycles. The number of hydrogen-bond donors (Lipinski definition) is 1. The van der Waals surface area contributed by atoms with Gasteiger partial charge in [0.15, 0.2) is 11.6 Å². The highest BCUT2D eigenvalue weighted by Gasteiger charge is 2.15. The monoisotopic (exact) mass is 340 g/mol. The molecular weight excluding hydrogens is 322 g/mol. The number of rotatable bonds is 4. The van der Waals surface area contributed by atoms with E-state index in [1.54, 1.807) is 10.6 Å². The third kappa shape index (κ3) is 2.95. The summed E-state index contributed by atoms with van der Waals surface area (Å²) in [5.74, 6) is -0.893. The predicted molar refractivity (Wildman–Crippen MR) is 94.1 cm³/mol. The second-order valence-electron chi connectivity index (χ2n) is 6.17. The average molecular weight is 340 g/mol. The Kier molecular flexibility index (Phi) is 3.87. The van der Waals surface area contributed by atoms with E-state index in [9.17, 15) is 8.78 Å². The lowest BCUT2D eigenvalue weighted by Gasteiger charge is -2.21. The van der Waals surface area contributed by atoms with E-state index < -0.39 is 11.6 Å². The minimum Gasteiger partial charge on any atom is -0.359 e. The number of hydrogen-bond acceptors (Lipinski definition) is 3. The zero-order chi connectivity index (χ0) is 17.4. The Hall–Kier alpha value is -2.89. The van der Waals surface area contributed by atoms with Crippen molar-refractivity contribution < 1.29 is 8.78 Å². The van der Waals surface area contributed by atoms with Crippen LogP contribution in [0.4, 0.5) is 14.5 Å². The van der Waals surface area contributed by atoms with Gasteiger partial charge in [-0.1, -0.05) is 12.6 Å². The average Bonchev–Trinajstić information content (AvgIpc) is 3.26. The second-order valence-corrected chi connectivity index (χ2v) is 6.17. The molecule has 2 aromatic heterocycles. The molecule has 4 rings (SSSR count). The lowest BCUT2D eigenvalue weighted by atomic mass is 10.1. The van der Waals surface area contributed by atoms with E-state index in [0.29, 0.717) is 11.3 Å². The normalized spacial score (nSPS) is 14.2. The standard InChI is InChI=1S/C19H18F2N4/c1-13(24-8-2-3-9-24)22-14-7-10-25-12-17(23-18(25)11-14)15-5-4-6-16(20)19(15)21/h4-7,10-12,22H,1-3,8-9H2. The van der Waals surface area contributed by atoms with E-state index in [2.05, 4.69) is 21.8 Å². The van der Waals surface area contributed by atoms with Gasteiger partial charge in [0.1, 0.15) is 5.65 Å². The van der Waals surface area contributed by atoms with E-state index in [1.165, 1.54) is 25.0 Å². The van der Waals surface area contributed by atoms with Crippen molar-refractivity contribution in [3.63, 3.8) is 0 Å². The fraction of sp³-hybridized carbons (Fsp3) is 0.211. The van der Waals surface area contributed by atoms with Crippen LogP contribution in [0.1, 0.15) is 12.8 Å². The fourth-order valence-electron chi connectivity index (χ4n) is 3.12. The topological polar surface area (TPSA) is 32.6 Å². The molecule has 4 nitrogen and oxygen atoms in total. The van der Waals surface area contributed by atoms with Gasteiger partial charge in [0.05, 0.1) is 11.5 Å². The Balaban J connectivity index is 1.63. The number of nitrogens with one attached hydrogen (secondary N) is 1. The molecule has 0 radical (unpaired) electrons. The Bertz CT molecular complexity index is 942. The summed E-state index contributed by atoms with van der Waals surface area (Å²) >= 11 is 0. The Morgan fingerprint density at radius 3 is 2.76 bits per heavy atom. The van der Waals surface area contributed by atoms with Gasteiger partial charge in [-0.2, -0.15) is 0 Å². The summed E-state index contributed by atoms with van der Waals surface area (Å²) in [5, 5.41) is 3.29. The van der Waals surface area contributed by atoms with Crippen molar-refractivity contribution in [3.05, 3.63) is 66.8 Å². The number of fused-ring (bicyclic) bond motifs is 1. The number of benzene rings is 1. The second kappa shape index (κ2) is 6.20. The van der Waals surface area contributed by atoms with Crippen molar-refractivity contribution in [2.45, 2.75) is 12.8 Å². The number of nitrogens with zero attached hydrogens (tertiary/aromatic N) is 3. The van der Waals surface area contributed by atoms with Crippen LogP contribution in [0.3, 0.4) is 0 Å². The Labute approximate surface area is 144 Å². The molecule has 0 spiro atoms. The van der Waals surface area contributed by atoms with E-state index in [1.807, 2.05) is 18.3 Å². The summed E-state index contributed by atoms with van der Waals surface area (Å²) in [6.07, 6.45) is 5.89. The minimum atomic E-state index is -0.883. The molecule has 6 heteroatoms. The molecule has 128 valence electrons. The van der Waals surface area contributed by atoms with Crippen LogP contribution in [0, 0.1) is 11.6 Å². The van der Waals surface area contributed by atoms with Gasteiger partial charge in [0, 0.05) is 42.8 Å². The molecule has 0 bridgehead atoms. The number of likely N-dealkylation sites (tertiary alicyclic amines) is 1. The molecule has 0 aliphatic carbocycles. The molecule has 25 heavy (non-hydrogen) atoms. The van der Waals surface area contributed by atoms with E-state index >= 15 is 0 Å². The van der Waals surface area contributed by atoms with Crippen LogP contribution in [-0.4, -0.2) is 27.4 Å². The Morgan fingerprint density at radius 2 is 1.96 bits per heavy atom. The summed E-state index contributed by atoms with van der Waals surface area (Å²) in [7, 11) is 0. The third-order valence-electron chi connectivity index (χ3n) is 4.46. The van der Waals surface area contributed by atoms with Gasteiger partial charge >= 0.3 is 0 Å². The first-order chi connectivity index (χ1) is 12.1. The van der Waals surface area contributed by atoms with Gasteiger partial charge in [-0.05, 0) is 31.0 Å². The third-order valence-corrected chi connectivity index (χ3v) is 4.46. The van der Waals surface area contributed by atoms with Crippen LogP contribution >= 0.6 is 0 Å². The summed E-state index contributed by atoms with van der Waals surface area (Å²) in [4.78, 5) is 6.64. The minimum absolute atomic E-state index is 0.152. The molecule has 1 aliphatic heterocycles. The molecule has 3 aromatic rings. The summed E-state index contributed by atoms with van der Waals surface area (Å²) in [6, 6.07) is 7.86. The Morgan fingerprint density at radius 1 is 1.16 bits per heavy atom. The predicted octanol–water partition coefficient (Wildman–Crippen LogP) is 4.26. The van der Waals surface area contributed by atoms with Crippen LogP contribution in [0.2, 0.25) is 0 Å². The molecule has 1 aliphatic rings. The SMILES string of the molecule is C=C(Nc1ccn2cc(-c3cccc(F)c3F)nc2c1)N1CCCC1. The smallest absolute Gasteiger partial charge is 0.168 e. The van der Waals surface area contributed by atoms with Gasteiger partial charge in [-0.25, -0.2) is 13.8 Å². The van der Waals surface area contributed by atoms with Crippen LogP contribution in [-0.2, 0) is 0 Å². The van der Waals surface area contributed by atoms with Gasteiger partial charge < -0.3 is 14.6 Å². The molecule has 3 heterocycles. The summed E-state index contributed by atoms with van der Waals surface area (Å²) < 4.78 is 29.2. The molecule has 0 amide bonds. The number of halogens is 2. The quantitative estimate of drug-likeness (QED) is 0.770. The molecule has 1 fully saturated rings. The van der Waals surface area contributed by atoms with Crippen molar-refractivity contribution in [1.82, 2.24) is 14.3 Å². The zero-order valence-electron chi connectivity index (χ0n) is 13.7. The molecule has 1 saturated heterocycles. The number of aromatic nitrogens is 2. The van der Waals surface area contributed by atoms with Crippen molar-refractivity contribution in [2.75, 3.05) is 18.4 Å². The largest absolute Gasteiger partial charge is 0.359 e. The zero-order valence-corrected chi connectivity index (χ0v) is 13.7. The highest BCUT2D eigenvalue weighted by Crippen LogP contribution is 2.25. The van der Waals surface area contributed by atoms with Crippen LogP contribution < -0.4 is 5.32 Å². The van der Waals surface area contributed by atoms with Crippen molar-refractivity contribution >= 4 is 11.3 Å². The number of pyridine rings is 1. The maximum Gasteiger partial charge on any atom is 0.168 e. The molecule has 0 saturated carbocycles. The molecule has 1 N–H and O–H groups in total. The highest BCUT2D eigenvalue weighted by molar-refractivity contribution is 5.66. The highest BCUT2D eigenvalue weighted by atomic mass is 19.2. The van der Waals surface area contributed by atoms with Gasteiger partial charge in [0.25, 0.3) is 0 Å². The fourth-order valence-corrected chi connectivity index (χ4v) is 3.12. The lowest BCUT2D eigenvalue weighted by molar-refractivity contribution is 0.433. The van der Waals surface area contributed by atoms with E-state index in [0.717, 1.165) is 30.7 Å². The summed E-state index contributed by atoms with van der Waals surface area (Å²) in [5.41, 5.74) is 2.06. The van der Waals surface area contributed by atoms with Crippen LogP contribution in [0.5, 0.6) is 0 Å². The first kappa shape index (κ1) is 15.6. The van der Waals surface area contributed by atoms with E-state index in [-0.39, 0.29) is 5.56 Å². The lowest BCUT2D eigenvalue weighted by Crippen LogP contribution is -2.22. The van der Waals surface area contributed by atoms with Crippen molar-refractivity contribution in [3.8, 4) is 11.3 Å². The van der Waals surface area contributed by atoms with Crippen molar-refractivity contribution in [2.24, 2.45) is 0 Å². The first-order valence-electron chi connectivity index (χ1n) is 8.26. The maximum atomic E-state index is 14.0. The van der Waals surface area contributed by atoms with Crippen LogP contribution in [0.25, 0.3) is 16.9 Å². The summed E-state index contributed by atoms with van der Waals surface area (Å²) in [6.45, 7) is 6.11. The maximum absolute atomic E-state index is 14.0. The number of imidazole rings is 1. The van der Waals surface area contributed by atoms with E-state index in [4.69, 9.17) is 0 Å². The van der Waals surface area contributed by atoms with Gasteiger partial charge in [-0.3, -0.25) is 0 Å². The first-order valence-corrected chi connectivity index (χ1v) is 8.26. The molecular formula is C19H18F2N4. The number of anilines is 1. The molecule has 0 atom stereocenters. The van der Waals surface area contributed by atoms with Gasteiger partial charge in [-0.15, -0.1) is 0 Å². The van der Waals surface area contributed by atoms with Crippen LogP contribution in [0.15, 0.2) is 55.1 Å². The molecule has 0 unspecified atom stereocenters. The van der Waals surface area contributed by atoms with Gasteiger partial charge in [0.2, 0.25) is 0 Å².